The Morgan fingerprint density at radius 1 is 1.21 bits per heavy atom. The van der Waals surface area contributed by atoms with Gasteiger partial charge in [-0.1, -0.05) is 20.7 Å². The van der Waals surface area contributed by atoms with Crippen LogP contribution in [0.5, 0.6) is 0 Å². The van der Waals surface area contributed by atoms with Crippen LogP contribution in [0.1, 0.15) is 17.0 Å². The molecule has 150 valence electrons. The van der Waals surface area contributed by atoms with E-state index < -0.39 is 0 Å². The summed E-state index contributed by atoms with van der Waals surface area (Å²) in [6.07, 6.45) is 9.45. The molecule has 2 aromatic rings. The van der Waals surface area contributed by atoms with Crippen LogP contribution in [-0.2, 0) is 4.79 Å². The van der Waals surface area contributed by atoms with Crippen molar-refractivity contribution in [1.29, 1.82) is 0 Å². The highest BCUT2D eigenvalue weighted by atomic mass is 32.1. The van der Waals surface area contributed by atoms with Crippen LogP contribution in [0.4, 0.5) is 0 Å². The van der Waals surface area contributed by atoms with E-state index in [1.807, 2.05) is 17.9 Å². The van der Waals surface area contributed by atoms with Gasteiger partial charge in [-0.2, -0.15) is 0 Å². The van der Waals surface area contributed by atoms with Gasteiger partial charge in [-0.3, -0.25) is 4.79 Å². The number of thiazole rings is 1. The first-order chi connectivity index (χ1) is 14.1. The van der Waals surface area contributed by atoms with Gasteiger partial charge in [-0.25, -0.2) is 4.98 Å². The quantitative estimate of drug-likeness (QED) is 0.687. The first-order valence-electron chi connectivity index (χ1n) is 10.1. The highest BCUT2D eigenvalue weighted by Gasteiger charge is 2.29. The molecular formula is C22H25N4OPS. The lowest BCUT2D eigenvalue weighted by Gasteiger charge is -2.36. The Labute approximate surface area is 177 Å². The number of likely N-dealkylation sites (N-methyl/N-ethyl adjacent to an activating group) is 1. The van der Waals surface area contributed by atoms with Gasteiger partial charge in [0.1, 0.15) is 0 Å². The van der Waals surface area contributed by atoms with Gasteiger partial charge in [-0.05, 0) is 56.0 Å². The fourth-order valence-electron chi connectivity index (χ4n) is 4.13. The maximum absolute atomic E-state index is 13.0. The second-order valence-electron chi connectivity index (χ2n) is 7.87. The first-order valence-corrected chi connectivity index (χ1v) is 12.0. The zero-order valence-electron chi connectivity index (χ0n) is 16.8. The number of nitrogens with zero attached hydrogens (tertiary/aromatic N) is 4. The van der Waals surface area contributed by atoms with Crippen molar-refractivity contribution < 1.29 is 4.79 Å². The molecule has 0 radical (unpaired) electrons. The van der Waals surface area contributed by atoms with E-state index in [0.29, 0.717) is 8.58 Å². The Morgan fingerprint density at radius 3 is 3.00 bits per heavy atom. The minimum atomic E-state index is 0.0760. The topological polar surface area (TPSA) is 39.7 Å². The number of allylic oxidation sites excluding steroid dienone is 1. The van der Waals surface area contributed by atoms with E-state index in [2.05, 4.69) is 58.4 Å². The summed E-state index contributed by atoms with van der Waals surface area (Å²) in [4.78, 5) is 24.3. The molecule has 2 unspecified atom stereocenters. The van der Waals surface area contributed by atoms with E-state index in [1.165, 1.54) is 4.70 Å². The van der Waals surface area contributed by atoms with Crippen molar-refractivity contribution in [3.05, 3.63) is 58.9 Å². The van der Waals surface area contributed by atoms with E-state index in [9.17, 15) is 4.79 Å². The molecule has 0 bridgehead atoms. The third kappa shape index (κ3) is 3.77. The molecule has 1 fully saturated rings. The largest absolute Gasteiger partial charge is 0.369 e. The predicted octanol–water partition coefficient (Wildman–Crippen LogP) is 3.84. The summed E-state index contributed by atoms with van der Waals surface area (Å²) in [6, 6.07) is 6.38. The fraction of sp³-hybridized carbons (Fsp3) is 0.364. The van der Waals surface area contributed by atoms with Crippen molar-refractivity contribution in [3.63, 3.8) is 0 Å². The van der Waals surface area contributed by atoms with Crippen molar-refractivity contribution in [3.8, 4) is 0 Å². The van der Waals surface area contributed by atoms with Gasteiger partial charge in [0.2, 0.25) is 0 Å². The monoisotopic (exact) mass is 424 g/mol. The minimum Gasteiger partial charge on any atom is -0.369 e. The first kappa shape index (κ1) is 19.0. The standard InChI is InChI=1S/C22H25N4OPS/c1-15-23-18-12-16(4-6-20(18)29-15)19-13-21(27)26-14-17(5-7-22(26)28-19)25-9-3-8-24(2)10-11-25/h4-7,12-14,22,28H,3,8-11H2,1-2H3. The number of benzene rings is 1. The molecule has 0 saturated carbocycles. The molecule has 1 aromatic carbocycles. The zero-order valence-corrected chi connectivity index (χ0v) is 18.6. The average Bonchev–Trinajstić information content (AvgIpc) is 2.95. The lowest BCUT2D eigenvalue weighted by Crippen LogP contribution is -2.38. The molecule has 5 rings (SSSR count). The second kappa shape index (κ2) is 7.67. The van der Waals surface area contributed by atoms with Crippen LogP contribution in [0.2, 0.25) is 0 Å². The second-order valence-corrected chi connectivity index (χ2v) is 10.5. The smallest absolute Gasteiger partial charge is 0.252 e. The van der Waals surface area contributed by atoms with Crippen LogP contribution in [-0.4, -0.2) is 64.6 Å². The molecule has 1 amide bonds. The van der Waals surface area contributed by atoms with Crippen molar-refractivity contribution >= 4 is 41.4 Å². The number of amides is 1. The van der Waals surface area contributed by atoms with Crippen LogP contribution in [0.15, 0.2) is 48.3 Å². The number of aromatic nitrogens is 1. The van der Waals surface area contributed by atoms with Gasteiger partial charge in [0.15, 0.2) is 0 Å². The summed E-state index contributed by atoms with van der Waals surface area (Å²) < 4.78 is 1.20. The van der Waals surface area contributed by atoms with Gasteiger partial charge in [0.25, 0.3) is 5.91 Å². The van der Waals surface area contributed by atoms with Crippen LogP contribution in [0, 0.1) is 6.92 Å². The molecule has 2 atom stereocenters. The van der Waals surface area contributed by atoms with E-state index in [-0.39, 0.29) is 11.7 Å². The van der Waals surface area contributed by atoms with Crippen molar-refractivity contribution in [1.82, 2.24) is 19.7 Å². The lowest BCUT2D eigenvalue weighted by atomic mass is 10.1. The SMILES string of the molecule is Cc1nc2cc(C3=CC(=O)N4C=C(N5CCCN(C)CC5)C=CC4P3)ccc2s1. The maximum atomic E-state index is 13.0. The van der Waals surface area contributed by atoms with E-state index in [1.54, 1.807) is 11.3 Å². The normalized spacial score (nSPS) is 23.9. The molecule has 0 spiro atoms. The third-order valence-electron chi connectivity index (χ3n) is 5.74. The Balaban J connectivity index is 1.39. The van der Waals surface area contributed by atoms with Crippen LogP contribution >= 0.6 is 19.9 Å². The van der Waals surface area contributed by atoms with Crippen LogP contribution in [0.25, 0.3) is 15.5 Å². The molecule has 1 saturated heterocycles. The Hall–Kier alpha value is -2.01. The number of hydrogen-bond acceptors (Lipinski definition) is 5. The van der Waals surface area contributed by atoms with E-state index >= 15 is 0 Å². The highest BCUT2D eigenvalue weighted by Crippen LogP contribution is 2.45. The molecule has 3 aliphatic rings. The minimum absolute atomic E-state index is 0.0760. The van der Waals surface area contributed by atoms with Crippen LogP contribution < -0.4 is 0 Å². The number of carbonyl (C=O) groups excluding carboxylic acids is 1. The number of aryl methyl sites for hydroxylation is 1. The van der Waals surface area contributed by atoms with Gasteiger partial charge < -0.3 is 14.7 Å². The Bertz CT molecular complexity index is 1060. The number of carbonyl (C=O) groups is 1. The van der Waals surface area contributed by atoms with Gasteiger partial charge in [0, 0.05) is 31.9 Å². The zero-order chi connectivity index (χ0) is 20.0. The molecule has 3 aliphatic heterocycles. The summed E-state index contributed by atoms with van der Waals surface area (Å²) >= 11 is 1.71. The molecule has 29 heavy (non-hydrogen) atoms. The number of hydrogen-bond donors (Lipinski definition) is 0. The molecular weight excluding hydrogens is 399 g/mol. The summed E-state index contributed by atoms with van der Waals surface area (Å²) in [6.45, 7) is 6.29. The van der Waals surface area contributed by atoms with Gasteiger partial charge in [-0.15, -0.1) is 11.3 Å². The summed E-state index contributed by atoms with van der Waals surface area (Å²) in [5.41, 5.74) is 3.30. The lowest BCUT2D eigenvalue weighted by molar-refractivity contribution is -0.123. The number of rotatable bonds is 2. The van der Waals surface area contributed by atoms with Crippen molar-refractivity contribution in [2.24, 2.45) is 0 Å². The molecule has 5 nitrogen and oxygen atoms in total. The molecule has 1 aromatic heterocycles. The average molecular weight is 425 g/mol. The highest BCUT2D eigenvalue weighted by molar-refractivity contribution is 7.51. The Kier molecular flexibility index (Phi) is 5.02. The predicted molar refractivity (Wildman–Crippen MR) is 122 cm³/mol. The van der Waals surface area contributed by atoms with Crippen molar-refractivity contribution in [2.45, 2.75) is 19.1 Å². The summed E-state index contributed by atoms with van der Waals surface area (Å²) in [5.74, 6) is 0.195. The molecule has 4 heterocycles. The van der Waals surface area contributed by atoms with Gasteiger partial charge >= 0.3 is 0 Å². The third-order valence-corrected chi connectivity index (χ3v) is 8.20. The molecule has 0 aliphatic carbocycles. The van der Waals surface area contributed by atoms with E-state index in [0.717, 1.165) is 59.7 Å². The molecule has 7 heteroatoms. The van der Waals surface area contributed by atoms with Crippen LogP contribution in [0.3, 0.4) is 0 Å². The van der Waals surface area contributed by atoms with Crippen molar-refractivity contribution in [2.75, 3.05) is 33.2 Å². The van der Waals surface area contributed by atoms with E-state index in [4.69, 9.17) is 0 Å². The fourth-order valence-corrected chi connectivity index (χ4v) is 6.32. The summed E-state index contributed by atoms with van der Waals surface area (Å²) in [5, 5.41) is 2.20. The number of fused-ring (bicyclic) bond motifs is 2. The van der Waals surface area contributed by atoms with Gasteiger partial charge in [0.05, 0.1) is 26.7 Å². The maximum Gasteiger partial charge on any atom is 0.252 e. The molecule has 0 N–H and O–H groups in total. The Morgan fingerprint density at radius 2 is 2.10 bits per heavy atom. The summed E-state index contributed by atoms with van der Waals surface area (Å²) in [7, 11) is 2.72.